The first-order chi connectivity index (χ1) is 13.5. The Hall–Kier alpha value is -2.64. The van der Waals surface area contributed by atoms with Gasteiger partial charge >= 0.3 is 0 Å². The molecule has 1 heterocycles. The van der Waals surface area contributed by atoms with Crippen LogP contribution in [0.5, 0.6) is 0 Å². The molecule has 0 radical (unpaired) electrons. The van der Waals surface area contributed by atoms with Gasteiger partial charge in [0.1, 0.15) is 4.88 Å². The molecule has 0 aliphatic heterocycles. The molecule has 0 bridgehead atoms. The molecular formula is C22H24N2O3S2. The van der Waals surface area contributed by atoms with E-state index in [0.29, 0.717) is 0 Å². The minimum Gasteiger partial charge on any atom is -0.365 e. The van der Waals surface area contributed by atoms with Crippen molar-refractivity contribution in [3.63, 3.8) is 0 Å². The predicted octanol–water partition coefficient (Wildman–Crippen LogP) is 4.92. The zero-order chi connectivity index (χ0) is 21.4. The number of rotatable bonds is 5. The largest absolute Gasteiger partial charge is 0.365 e. The molecule has 29 heavy (non-hydrogen) atoms. The molecule has 152 valence electrons. The predicted molar refractivity (Wildman–Crippen MR) is 119 cm³/mol. The zero-order valence-corrected chi connectivity index (χ0v) is 18.4. The average Bonchev–Trinajstić information content (AvgIpc) is 3.05. The first kappa shape index (κ1) is 21.1. The van der Waals surface area contributed by atoms with Crippen molar-refractivity contribution < 1.29 is 13.2 Å². The topological polar surface area (TPSA) is 89.3 Å². The quantitative estimate of drug-likeness (QED) is 0.604. The number of primary amides is 1. The van der Waals surface area contributed by atoms with Crippen molar-refractivity contribution in [2.45, 2.75) is 38.0 Å². The number of nitrogens with two attached hydrogens (primary N) is 1. The third kappa shape index (κ3) is 4.68. The lowest BCUT2D eigenvalue weighted by molar-refractivity contribution is 0.100. The highest BCUT2D eigenvalue weighted by atomic mass is 32.2. The molecule has 3 aromatic rings. The van der Waals surface area contributed by atoms with Crippen LogP contribution in [0, 0.1) is 6.92 Å². The van der Waals surface area contributed by atoms with Crippen molar-refractivity contribution >= 4 is 33.0 Å². The van der Waals surface area contributed by atoms with Crippen LogP contribution in [0.25, 0.3) is 10.4 Å². The molecule has 0 saturated carbocycles. The summed E-state index contributed by atoms with van der Waals surface area (Å²) in [7, 11) is -3.83. The van der Waals surface area contributed by atoms with E-state index in [4.69, 9.17) is 5.73 Å². The number of anilines is 1. The van der Waals surface area contributed by atoms with E-state index in [1.807, 2.05) is 31.2 Å². The Bertz CT molecular complexity index is 1140. The smallest absolute Gasteiger partial charge is 0.261 e. The zero-order valence-electron chi connectivity index (χ0n) is 16.8. The van der Waals surface area contributed by atoms with Gasteiger partial charge in [-0.3, -0.25) is 9.52 Å². The number of hydrogen-bond acceptors (Lipinski definition) is 4. The highest BCUT2D eigenvalue weighted by Gasteiger charge is 2.21. The molecule has 3 rings (SSSR count). The minimum absolute atomic E-state index is 0.0290. The Labute approximate surface area is 175 Å². The van der Waals surface area contributed by atoms with Crippen LogP contribution in [-0.2, 0) is 15.4 Å². The second-order valence-electron chi connectivity index (χ2n) is 7.96. The average molecular weight is 429 g/mol. The summed E-state index contributed by atoms with van der Waals surface area (Å²) in [6.45, 7) is 8.29. The maximum atomic E-state index is 12.7. The van der Waals surface area contributed by atoms with Crippen LogP contribution in [0.15, 0.2) is 59.5 Å². The summed E-state index contributed by atoms with van der Waals surface area (Å²) in [5.41, 5.74) is 8.76. The first-order valence-electron chi connectivity index (χ1n) is 9.11. The van der Waals surface area contributed by atoms with Crippen molar-refractivity contribution in [2.75, 3.05) is 4.72 Å². The number of thiophene rings is 1. The first-order valence-corrected chi connectivity index (χ1v) is 11.4. The molecule has 7 heteroatoms. The molecule has 5 nitrogen and oxygen atoms in total. The van der Waals surface area contributed by atoms with Gasteiger partial charge in [0, 0.05) is 4.88 Å². The number of nitrogens with one attached hydrogen (secondary N) is 1. The molecule has 0 spiro atoms. The van der Waals surface area contributed by atoms with Gasteiger partial charge in [-0.2, -0.15) is 0 Å². The lowest BCUT2D eigenvalue weighted by atomic mass is 9.86. The highest BCUT2D eigenvalue weighted by molar-refractivity contribution is 7.92. The van der Waals surface area contributed by atoms with E-state index < -0.39 is 15.9 Å². The number of carbonyl (C=O) groups excluding carboxylic acids is 1. The van der Waals surface area contributed by atoms with Crippen molar-refractivity contribution in [3.8, 4) is 10.4 Å². The maximum Gasteiger partial charge on any atom is 0.261 e. The van der Waals surface area contributed by atoms with Crippen LogP contribution in [-0.4, -0.2) is 14.3 Å². The Balaban J connectivity index is 1.97. The van der Waals surface area contributed by atoms with Gasteiger partial charge in [-0.1, -0.05) is 62.7 Å². The summed E-state index contributed by atoms with van der Waals surface area (Å²) in [6.07, 6.45) is 0. The van der Waals surface area contributed by atoms with E-state index in [1.54, 1.807) is 18.2 Å². The summed E-state index contributed by atoms with van der Waals surface area (Å²) in [4.78, 5) is 13.0. The number of aryl methyl sites for hydroxylation is 1. The Kier molecular flexibility index (Phi) is 5.56. The summed E-state index contributed by atoms with van der Waals surface area (Å²) < 4.78 is 28.0. The van der Waals surface area contributed by atoms with E-state index in [-0.39, 0.29) is 20.9 Å². The lowest BCUT2D eigenvalue weighted by Gasteiger charge is -2.18. The van der Waals surface area contributed by atoms with Crippen LogP contribution < -0.4 is 10.5 Å². The Morgan fingerprint density at radius 2 is 1.59 bits per heavy atom. The SMILES string of the molecule is Cc1ccc(S(=O)(=O)Nc2cc(-c3ccc(C(C)(C)C)cc3)sc2C(N)=O)cc1. The second-order valence-corrected chi connectivity index (χ2v) is 10.7. The number of hydrogen-bond donors (Lipinski definition) is 2. The maximum absolute atomic E-state index is 12.7. The van der Waals surface area contributed by atoms with Crippen molar-refractivity contribution in [1.29, 1.82) is 0 Å². The van der Waals surface area contributed by atoms with Crippen LogP contribution in [0.1, 0.15) is 41.6 Å². The molecular weight excluding hydrogens is 404 g/mol. The van der Waals surface area contributed by atoms with Crippen molar-refractivity contribution in [1.82, 2.24) is 0 Å². The molecule has 0 aliphatic carbocycles. The molecule has 1 aromatic heterocycles. The fourth-order valence-electron chi connectivity index (χ4n) is 2.85. The van der Waals surface area contributed by atoms with Gasteiger partial charge in [0.2, 0.25) is 0 Å². The van der Waals surface area contributed by atoms with Gasteiger partial charge in [-0.15, -0.1) is 11.3 Å². The summed E-state index contributed by atoms with van der Waals surface area (Å²) in [5.74, 6) is -0.672. The second kappa shape index (κ2) is 7.65. The number of amides is 1. The van der Waals surface area contributed by atoms with Crippen LogP contribution in [0.3, 0.4) is 0 Å². The fraction of sp³-hybridized carbons (Fsp3) is 0.227. The van der Waals surface area contributed by atoms with Crippen LogP contribution >= 0.6 is 11.3 Å². The molecule has 0 saturated heterocycles. The third-order valence-electron chi connectivity index (χ3n) is 4.57. The van der Waals surface area contributed by atoms with E-state index in [9.17, 15) is 13.2 Å². The van der Waals surface area contributed by atoms with Gasteiger partial charge in [0.25, 0.3) is 15.9 Å². The summed E-state index contributed by atoms with van der Waals surface area (Å²) in [5, 5.41) is 0. The minimum atomic E-state index is -3.83. The van der Waals surface area contributed by atoms with Crippen LogP contribution in [0.4, 0.5) is 5.69 Å². The third-order valence-corrected chi connectivity index (χ3v) is 7.15. The lowest BCUT2D eigenvalue weighted by Crippen LogP contribution is -2.16. The van der Waals surface area contributed by atoms with Gasteiger partial charge in [-0.05, 0) is 41.7 Å². The number of benzene rings is 2. The molecule has 0 atom stereocenters. The van der Waals surface area contributed by atoms with Gasteiger partial charge in [0.05, 0.1) is 10.6 Å². The molecule has 1 amide bonds. The normalized spacial score (nSPS) is 12.0. The van der Waals surface area contributed by atoms with Gasteiger partial charge in [-0.25, -0.2) is 8.42 Å². The van der Waals surface area contributed by atoms with Crippen molar-refractivity contribution in [2.24, 2.45) is 5.73 Å². The van der Waals surface area contributed by atoms with Gasteiger partial charge in [0.15, 0.2) is 0 Å². The standard InChI is InChI=1S/C22H24N2O3S2/c1-14-5-11-17(12-6-14)29(26,27)24-18-13-19(28-20(18)21(23)25)15-7-9-16(10-8-15)22(2,3)4/h5-13,24H,1-4H3,(H2,23,25). The van der Waals surface area contributed by atoms with E-state index >= 15 is 0 Å². The molecule has 0 fully saturated rings. The number of sulfonamides is 1. The molecule has 3 N–H and O–H groups in total. The number of carbonyl (C=O) groups is 1. The molecule has 2 aromatic carbocycles. The van der Waals surface area contributed by atoms with Crippen molar-refractivity contribution in [3.05, 3.63) is 70.6 Å². The Morgan fingerprint density at radius 1 is 1.00 bits per heavy atom. The monoisotopic (exact) mass is 428 g/mol. The van der Waals surface area contributed by atoms with Gasteiger partial charge < -0.3 is 5.73 Å². The van der Waals surface area contributed by atoms with Crippen LogP contribution in [0.2, 0.25) is 0 Å². The van der Waals surface area contributed by atoms with E-state index in [1.165, 1.54) is 29.0 Å². The fourth-order valence-corrected chi connectivity index (χ4v) is 4.95. The molecule has 0 unspecified atom stereocenters. The summed E-state index contributed by atoms with van der Waals surface area (Å²) in [6, 6.07) is 16.2. The summed E-state index contributed by atoms with van der Waals surface area (Å²) >= 11 is 1.17. The molecule has 0 aliphatic rings. The Morgan fingerprint density at radius 3 is 2.10 bits per heavy atom. The highest BCUT2D eigenvalue weighted by Crippen LogP contribution is 2.36. The van der Waals surface area contributed by atoms with E-state index in [0.717, 1.165) is 16.0 Å². The van der Waals surface area contributed by atoms with E-state index in [2.05, 4.69) is 25.5 Å².